The number of hydrogen-bond acceptors (Lipinski definition) is 6. The Balaban J connectivity index is 1.50. The maximum atomic E-state index is 12.2. The van der Waals surface area contributed by atoms with E-state index in [-0.39, 0.29) is 30.8 Å². The fourth-order valence-corrected chi connectivity index (χ4v) is 3.18. The SMILES string of the molecule is COc1ccc2c(CC(=O)OCC(=O)N3CCC(C(N)=O)CC3)coc2c1. The van der Waals surface area contributed by atoms with Crippen molar-refractivity contribution in [2.45, 2.75) is 19.3 Å². The Labute approximate surface area is 156 Å². The number of ether oxygens (including phenoxy) is 2. The number of fused-ring (bicyclic) bond motifs is 1. The van der Waals surface area contributed by atoms with E-state index >= 15 is 0 Å². The molecule has 1 aromatic carbocycles. The van der Waals surface area contributed by atoms with E-state index in [0.717, 1.165) is 5.39 Å². The van der Waals surface area contributed by atoms with Crippen molar-refractivity contribution in [3.8, 4) is 5.75 Å². The van der Waals surface area contributed by atoms with Crippen LogP contribution in [0.25, 0.3) is 11.0 Å². The van der Waals surface area contributed by atoms with Gasteiger partial charge in [-0.05, 0) is 25.0 Å². The Morgan fingerprint density at radius 2 is 2.00 bits per heavy atom. The second-order valence-electron chi connectivity index (χ2n) is 6.52. The molecule has 8 nitrogen and oxygen atoms in total. The predicted octanol–water partition coefficient (Wildman–Crippen LogP) is 1.25. The van der Waals surface area contributed by atoms with Crippen LogP contribution in [0.1, 0.15) is 18.4 Å². The molecule has 1 aliphatic heterocycles. The molecule has 0 spiro atoms. The third-order valence-corrected chi connectivity index (χ3v) is 4.80. The van der Waals surface area contributed by atoms with Gasteiger partial charge in [-0.1, -0.05) is 0 Å². The summed E-state index contributed by atoms with van der Waals surface area (Å²) in [5.74, 6) is -0.637. The number of carbonyl (C=O) groups is 3. The number of methoxy groups -OCH3 is 1. The molecule has 1 saturated heterocycles. The van der Waals surface area contributed by atoms with Crippen molar-refractivity contribution < 1.29 is 28.3 Å². The van der Waals surface area contributed by atoms with Gasteiger partial charge in [-0.25, -0.2) is 0 Å². The molecule has 0 saturated carbocycles. The van der Waals surface area contributed by atoms with Gasteiger partial charge < -0.3 is 24.5 Å². The van der Waals surface area contributed by atoms with Crippen LogP contribution in [0.5, 0.6) is 5.75 Å². The van der Waals surface area contributed by atoms with Gasteiger partial charge in [-0.3, -0.25) is 14.4 Å². The summed E-state index contributed by atoms with van der Waals surface area (Å²) in [7, 11) is 1.57. The normalized spacial score (nSPS) is 14.9. The molecule has 1 fully saturated rings. The first-order chi connectivity index (χ1) is 13.0. The van der Waals surface area contributed by atoms with E-state index in [4.69, 9.17) is 19.6 Å². The zero-order chi connectivity index (χ0) is 19.4. The average molecular weight is 374 g/mol. The van der Waals surface area contributed by atoms with Gasteiger partial charge in [-0.2, -0.15) is 0 Å². The number of likely N-dealkylation sites (tertiary alicyclic amines) is 1. The fourth-order valence-electron chi connectivity index (χ4n) is 3.18. The van der Waals surface area contributed by atoms with Gasteiger partial charge in [0.2, 0.25) is 5.91 Å². The van der Waals surface area contributed by atoms with Crippen LogP contribution in [0.15, 0.2) is 28.9 Å². The van der Waals surface area contributed by atoms with Crippen LogP contribution in [0, 0.1) is 5.92 Å². The van der Waals surface area contributed by atoms with Crippen LogP contribution in [0.2, 0.25) is 0 Å². The smallest absolute Gasteiger partial charge is 0.310 e. The van der Waals surface area contributed by atoms with Crippen LogP contribution in [0.3, 0.4) is 0 Å². The monoisotopic (exact) mass is 374 g/mol. The van der Waals surface area contributed by atoms with Crippen LogP contribution >= 0.6 is 0 Å². The molecule has 0 aliphatic carbocycles. The lowest BCUT2D eigenvalue weighted by atomic mass is 9.96. The lowest BCUT2D eigenvalue weighted by Gasteiger charge is -2.30. The number of primary amides is 1. The first kappa shape index (κ1) is 18.8. The molecular weight excluding hydrogens is 352 g/mol. The topological polar surface area (TPSA) is 112 Å². The Morgan fingerprint density at radius 3 is 2.67 bits per heavy atom. The molecule has 144 valence electrons. The number of nitrogens with zero attached hydrogens (tertiary/aromatic N) is 1. The van der Waals surface area contributed by atoms with Crippen molar-refractivity contribution in [1.29, 1.82) is 0 Å². The highest BCUT2D eigenvalue weighted by atomic mass is 16.5. The molecular formula is C19H22N2O6. The summed E-state index contributed by atoms with van der Waals surface area (Å²) in [6.07, 6.45) is 2.59. The molecule has 0 radical (unpaired) electrons. The number of carbonyl (C=O) groups excluding carboxylic acids is 3. The molecule has 1 aromatic heterocycles. The van der Waals surface area contributed by atoms with Gasteiger partial charge in [0.25, 0.3) is 5.91 Å². The van der Waals surface area contributed by atoms with Gasteiger partial charge in [0.05, 0.1) is 19.8 Å². The minimum absolute atomic E-state index is 0.0103. The minimum atomic E-state index is -0.506. The van der Waals surface area contributed by atoms with Crippen molar-refractivity contribution >= 4 is 28.8 Å². The Morgan fingerprint density at radius 1 is 1.26 bits per heavy atom. The largest absolute Gasteiger partial charge is 0.497 e. The van der Waals surface area contributed by atoms with Crippen molar-refractivity contribution in [2.24, 2.45) is 11.7 Å². The Hall–Kier alpha value is -3.03. The molecule has 1 aliphatic rings. The number of amides is 2. The van der Waals surface area contributed by atoms with Crippen LogP contribution in [-0.4, -0.2) is 49.5 Å². The van der Waals surface area contributed by atoms with Gasteiger partial charge >= 0.3 is 5.97 Å². The molecule has 2 aromatic rings. The summed E-state index contributed by atoms with van der Waals surface area (Å²) in [6.45, 7) is 0.570. The van der Waals surface area contributed by atoms with E-state index in [1.807, 2.05) is 6.07 Å². The molecule has 2 amide bonds. The second kappa shape index (κ2) is 8.11. The highest BCUT2D eigenvalue weighted by Gasteiger charge is 2.26. The number of esters is 1. The van der Waals surface area contributed by atoms with Crippen molar-refractivity contribution in [3.05, 3.63) is 30.0 Å². The number of rotatable bonds is 6. The third kappa shape index (κ3) is 4.39. The van der Waals surface area contributed by atoms with Gasteiger partial charge in [0.15, 0.2) is 6.61 Å². The van der Waals surface area contributed by atoms with E-state index in [2.05, 4.69) is 0 Å². The maximum Gasteiger partial charge on any atom is 0.310 e. The quantitative estimate of drug-likeness (QED) is 0.762. The van der Waals surface area contributed by atoms with Crippen molar-refractivity contribution in [3.63, 3.8) is 0 Å². The zero-order valence-corrected chi connectivity index (χ0v) is 15.1. The minimum Gasteiger partial charge on any atom is -0.497 e. The number of piperidine rings is 1. The second-order valence-corrected chi connectivity index (χ2v) is 6.52. The summed E-state index contributed by atoms with van der Waals surface area (Å²) in [6, 6.07) is 5.34. The molecule has 3 rings (SSSR count). The lowest BCUT2D eigenvalue weighted by molar-refractivity contribution is -0.152. The maximum absolute atomic E-state index is 12.2. The van der Waals surface area contributed by atoms with E-state index in [1.54, 1.807) is 24.1 Å². The molecule has 27 heavy (non-hydrogen) atoms. The summed E-state index contributed by atoms with van der Waals surface area (Å²) in [4.78, 5) is 37.0. The van der Waals surface area contributed by atoms with E-state index < -0.39 is 5.97 Å². The molecule has 0 unspecified atom stereocenters. The van der Waals surface area contributed by atoms with Crippen molar-refractivity contribution in [1.82, 2.24) is 4.90 Å². The van der Waals surface area contributed by atoms with Gasteiger partial charge in [0.1, 0.15) is 11.3 Å². The summed E-state index contributed by atoms with van der Waals surface area (Å²) >= 11 is 0. The predicted molar refractivity (Wildman–Crippen MR) is 95.9 cm³/mol. The Bertz CT molecular complexity index is 851. The number of furan rings is 1. The standard InChI is InChI=1S/C19H22N2O6/c1-25-14-2-3-15-13(10-26-16(15)9-14)8-18(23)27-11-17(22)21-6-4-12(5-7-21)19(20)24/h2-3,9-10,12H,4-8,11H2,1H3,(H2,20,24). The zero-order valence-electron chi connectivity index (χ0n) is 15.1. The number of hydrogen-bond donors (Lipinski definition) is 1. The molecule has 0 atom stereocenters. The molecule has 8 heteroatoms. The van der Waals surface area contributed by atoms with Crippen LogP contribution in [0.4, 0.5) is 0 Å². The molecule has 0 bridgehead atoms. The summed E-state index contributed by atoms with van der Waals surface area (Å²) in [5.41, 5.74) is 6.58. The molecule has 2 heterocycles. The molecule has 2 N–H and O–H groups in total. The Kier molecular flexibility index (Phi) is 5.63. The first-order valence-electron chi connectivity index (χ1n) is 8.74. The lowest BCUT2D eigenvalue weighted by Crippen LogP contribution is -2.43. The van der Waals surface area contributed by atoms with Crippen LogP contribution < -0.4 is 10.5 Å². The fraction of sp³-hybridized carbons (Fsp3) is 0.421. The van der Waals surface area contributed by atoms with E-state index in [1.165, 1.54) is 6.26 Å². The van der Waals surface area contributed by atoms with Crippen LogP contribution in [-0.2, 0) is 25.5 Å². The third-order valence-electron chi connectivity index (χ3n) is 4.80. The average Bonchev–Trinajstić information content (AvgIpc) is 3.08. The number of benzene rings is 1. The van der Waals surface area contributed by atoms with E-state index in [9.17, 15) is 14.4 Å². The van der Waals surface area contributed by atoms with Gasteiger partial charge in [0, 0.05) is 36.0 Å². The highest BCUT2D eigenvalue weighted by Crippen LogP contribution is 2.26. The highest BCUT2D eigenvalue weighted by molar-refractivity contribution is 5.87. The van der Waals surface area contributed by atoms with E-state index in [0.29, 0.717) is 42.8 Å². The summed E-state index contributed by atoms with van der Waals surface area (Å²) in [5, 5.41) is 0.799. The summed E-state index contributed by atoms with van der Waals surface area (Å²) < 4.78 is 15.7. The first-order valence-corrected chi connectivity index (χ1v) is 8.74. The number of nitrogens with two attached hydrogens (primary N) is 1. The van der Waals surface area contributed by atoms with Gasteiger partial charge in [-0.15, -0.1) is 0 Å². The van der Waals surface area contributed by atoms with Crippen molar-refractivity contribution in [2.75, 3.05) is 26.8 Å².